The third-order valence-electron chi connectivity index (χ3n) is 8.23. The van der Waals surface area contributed by atoms with Gasteiger partial charge in [0.15, 0.2) is 5.60 Å². The maximum absolute atomic E-state index is 14.9. The first kappa shape index (κ1) is 28.3. The fourth-order valence-corrected chi connectivity index (χ4v) is 6.06. The number of cyclic esters (lactones) is 1. The summed E-state index contributed by atoms with van der Waals surface area (Å²) >= 11 is 0. The van der Waals surface area contributed by atoms with Crippen LogP contribution in [0.15, 0.2) is 16.9 Å². The third-order valence-corrected chi connectivity index (χ3v) is 8.23. The van der Waals surface area contributed by atoms with Crippen LogP contribution in [0.3, 0.4) is 0 Å². The van der Waals surface area contributed by atoms with Gasteiger partial charge in [0.2, 0.25) is 5.91 Å². The van der Waals surface area contributed by atoms with E-state index in [1.165, 1.54) is 10.6 Å². The molecule has 1 aliphatic carbocycles. The fourth-order valence-electron chi connectivity index (χ4n) is 6.06. The highest BCUT2D eigenvalue weighted by Crippen LogP contribution is 2.45. The summed E-state index contributed by atoms with van der Waals surface area (Å²) in [4.78, 5) is 51.9. The van der Waals surface area contributed by atoms with Crippen molar-refractivity contribution in [2.24, 2.45) is 5.73 Å². The van der Waals surface area contributed by atoms with Crippen LogP contribution in [0.5, 0.6) is 0 Å². The van der Waals surface area contributed by atoms with Crippen molar-refractivity contribution >= 4 is 29.3 Å². The Labute approximate surface area is 232 Å². The van der Waals surface area contributed by atoms with Crippen LogP contribution in [0.2, 0.25) is 0 Å². The summed E-state index contributed by atoms with van der Waals surface area (Å²) in [5.74, 6) is -1.74. The summed E-state index contributed by atoms with van der Waals surface area (Å²) in [6.45, 7) is 2.46. The van der Waals surface area contributed by atoms with E-state index >= 15 is 0 Å². The van der Waals surface area contributed by atoms with E-state index in [-0.39, 0.29) is 37.2 Å². The molecule has 3 atom stereocenters. The Bertz CT molecular complexity index is 1690. The van der Waals surface area contributed by atoms with Crippen molar-refractivity contribution in [2.45, 2.75) is 63.9 Å². The smallest absolute Gasteiger partial charge is 0.343 e. The number of hydrogen-bond acceptors (Lipinski definition) is 9. The van der Waals surface area contributed by atoms with Crippen molar-refractivity contribution in [3.63, 3.8) is 0 Å². The number of pyridine rings is 2. The predicted octanol–water partition coefficient (Wildman–Crippen LogP) is 0.651. The van der Waals surface area contributed by atoms with Gasteiger partial charge in [-0.3, -0.25) is 14.4 Å². The lowest BCUT2D eigenvalue weighted by Crippen LogP contribution is -2.45. The van der Waals surface area contributed by atoms with Crippen LogP contribution < -0.4 is 16.6 Å². The van der Waals surface area contributed by atoms with Crippen molar-refractivity contribution in [3.05, 3.63) is 61.7 Å². The quantitative estimate of drug-likeness (QED) is 0.172. The van der Waals surface area contributed by atoms with Gasteiger partial charge in [0, 0.05) is 22.6 Å². The number of aryl methyl sites for hydroxylation is 1. The lowest BCUT2D eigenvalue weighted by atomic mass is 9.81. The number of hydrogen-bond donors (Lipinski definition) is 5. The normalized spacial score (nSPS) is 20.6. The van der Waals surface area contributed by atoms with Gasteiger partial charge in [-0.25, -0.2) is 14.2 Å². The van der Waals surface area contributed by atoms with E-state index in [9.17, 15) is 29.0 Å². The third kappa shape index (κ3) is 4.19. The summed E-state index contributed by atoms with van der Waals surface area (Å²) in [7, 11) is 0. The highest BCUT2D eigenvalue weighted by atomic mass is 19.1. The molecule has 3 aromatic rings. The summed E-state index contributed by atoms with van der Waals surface area (Å²) in [5.41, 5.74) is 7.69. The minimum atomic E-state index is -1.97. The minimum absolute atomic E-state index is 0.0120. The number of aliphatic hydroxyl groups is 2. The average Bonchev–Trinajstić information content (AvgIpc) is 3.33. The summed E-state index contributed by atoms with van der Waals surface area (Å²) in [6, 6.07) is 1.34. The number of amides is 1. The van der Waals surface area contributed by atoms with Crippen LogP contribution in [-0.4, -0.2) is 55.9 Å². The molecule has 1 amide bonds. The van der Waals surface area contributed by atoms with E-state index in [1.54, 1.807) is 19.9 Å². The number of rotatable bonds is 4. The zero-order valence-corrected chi connectivity index (χ0v) is 22.4. The number of nitrogens with two attached hydrogens (primary N) is 1. The molecule has 0 radical (unpaired) electrons. The molecule has 1 aromatic carbocycles. The Morgan fingerprint density at radius 3 is 2.71 bits per heavy atom. The number of aromatic nitrogens is 2. The van der Waals surface area contributed by atoms with E-state index < -0.39 is 47.5 Å². The molecule has 6 rings (SSSR count). The Hall–Kier alpha value is -4.20. The molecule has 12 nitrogen and oxygen atoms in total. The van der Waals surface area contributed by atoms with E-state index in [0.29, 0.717) is 40.9 Å². The van der Waals surface area contributed by atoms with Crippen LogP contribution in [0.1, 0.15) is 59.2 Å². The second-order valence-corrected chi connectivity index (χ2v) is 10.3. The topological polar surface area (TPSA) is 194 Å². The monoisotopic (exact) mass is 568 g/mol. The van der Waals surface area contributed by atoms with Gasteiger partial charge in [-0.05, 0) is 48.9 Å². The number of carboxylic acid groups (broad SMARTS) is 1. The maximum atomic E-state index is 14.9. The first-order valence-corrected chi connectivity index (χ1v) is 13.1. The number of ether oxygens (including phenoxy) is 1. The molecule has 13 heteroatoms. The first-order valence-electron chi connectivity index (χ1n) is 13.1. The molecule has 0 saturated heterocycles. The van der Waals surface area contributed by atoms with Crippen LogP contribution in [0, 0.1) is 12.7 Å². The Kier molecular flexibility index (Phi) is 7.14. The van der Waals surface area contributed by atoms with Gasteiger partial charge in [0.1, 0.15) is 18.5 Å². The molecule has 2 aliphatic heterocycles. The van der Waals surface area contributed by atoms with Gasteiger partial charge >= 0.3 is 5.97 Å². The van der Waals surface area contributed by atoms with Crippen molar-refractivity contribution in [3.8, 4) is 11.4 Å². The largest absolute Gasteiger partial charge is 0.483 e. The van der Waals surface area contributed by atoms with Crippen molar-refractivity contribution < 1.29 is 38.8 Å². The Balaban J connectivity index is 0.00000108. The molecular weight excluding hydrogens is 539 g/mol. The van der Waals surface area contributed by atoms with Crippen LogP contribution >= 0.6 is 0 Å². The van der Waals surface area contributed by atoms with Gasteiger partial charge in [0.05, 0.1) is 41.7 Å². The molecule has 2 aromatic heterocycles. The van der Waals surface area contributed by atoms with Crippen LogP contribution in [0.25, 0.3) is 22.3 Å². The minimum Gasteiger partial charge on any atom is -0.483 e. The lowest BCUT2D eigenvalue weighted by molar-refractivity contribution is -0.172. The summed E-state index contributed by atoms with van der Waals surface area (Å²) in [6.07, 6.45) is 0.974. The number of halogens is 1. The molecule has 216 valence electrons. The van der Waals surface area contributed by atoms with E-state index in [2.05, 4.69) is 5.32 Å². The molecule has 0 fully saturated rings. The standard InChI is InChI=1S/C27H27FN4O6.CH2O2/c1-3-27(37)15-6-20-23-13(8-32(20)25(35)14(15)10-38-26(27)36)22-18(31-24(34)17(29)9-33)5-4-12-11(2)16(28)7-19(30-23)21(12)22;2-1-3/h6-7,17-18,33,37H,3-5,8-10,29H2,1-2H3,(H,31,34);1H,(H,2,3)/t17-,18-,27-;/m0./s1. The number of benzene rings is 1. The molecule has 0 spiro atoms. The van der Waals surface area contributed by atoms with Gasteiger partial charge in [-0.1, -0.05) is 6.92 Å². The second-order valence-electron chi connectivity index (χ2n) is 10.3. The van der Waals surface area contributed by atoms with Gasteiger partial charge < -0.3 is 35.7 Å². The number of esters is 1. The van der Waals surface area contributed by atoms with E-state index in [0.717, 1.165) is 16.5 Å². The van der Waals surface area contributed by atoms with Crippen molar-refractivity contribution in [2.75, 3.05) is 6.61 Å². The molecule has 6 N–H and O–H groups in total. The highest BCUT2D eigenvalue weighted by molar-refractivity contribution is 5.94. The Morgan fingerprint density at radius 1 is 1.34 bits per heavy atom. The average molecular weight is 569 g/mol. The molecule has 0 bridgehead atoms. The van der Waals surface area contributed by atoms with Crippen LogP contribution in [0.4, 0.5) is 4.39 Å². The van der Waals surface area contributed by atoms with Crippen LogP contribution in [-0.2, 0) is 44.3 Å². The maximum Gasteiger partial charge on any atom is 0.343 e. The fraction of sp³-hybridized carbons (Fsp3) is 0.393. The Morgan fingerprint density at radius 2 is 2.05 bits per heavy atom. The van der Waals surface area contributed by atoms with E-state index in [1.807, 2.05) is 0 Å². The number of nitrogens with zero attached hydrogens (tertiary/aromatic N) is 2. The molecule has 41 heavy (non-hydrogen) atoms. The number of aliphatic hydroxyl groups excluding tert-OH is 1. The van der Waals surface area contributed by atoms with Gasteiger partial charge in [-0.15, -0.1) is 0 Å². The molecule has 4 heterocycles. The molecule has 3 aliphatic rings. The molecule has 0 unspecified atom stereocenters. The van der Waals surface area contributed by atoms with E-state index in [4.69, 9.17) is 25.4 Å². The predicted molar refractivity (Wildman–Crippen MR) is 142 cm³/mol. The number of fused-ring (bicyclic) bond motifs is 5. The van der Waals surface area contributed by atoms with Gasteiger partial charge in [0.25, 0.3) is 12.0 Å². The second kappa shape index (κ2) is 10.3. The first-order chi connectivity index (χ1) is 19.5. The summed E-state index contributed by atoms with van der Waals surface area (Å²) in [5, 5.41) is 31.0. The zero-order chi connectivity index (χ0) is 29.8. The van der Waals surface area contributed by atoms with Crippen molar-refractivity contribution in [1.82, 2.24) is 14.9 Å². The number of carbonyl (C=O) groups excluding carboxylic acids is 2. The number of nitrogens with one attached hydrogen (secondary N) is 1. The SMILES string of the molecule is CC[C@@]1(O)C(=O)OCc2c1cc1n(c2=O)Cc2c-1nc1cc(F)c(C)c3c1c2[C@@H](NC(=O)[C@@H](N)CO)CC3.O=CO. The summed E-state index contributed by atoms with van der Waals surface area (Å²) < 4.78 is 21.6. The van der Waals surface area contributed by atoms with Crippen molar-refractivity contribution in [1.29, 1.82) is 0 Å². The van der Waals surface area contributed by atoms with Gasteiger partial charge in [-0.2, -0.15) is 0 Å². The lowest BCUT2D eigenvalue weighted by Gasteiger charge is -2.31. The molecular formula is C28H29FN4O8. The highest BCUT2D eigenvalue weighted by Gasteiger charge is 2.46. The number of carbonyl (C=O) groups is 3. The zero-order valence-electron chi connectivity index (χ0n) is 22.4. The molecule has 0 saturated carbocycles.